The van der Waals surface area contributed by atoms with Crippen LogP contribution in [0.2, 0.25) is 0 Å². The Labute approximate surface area is 169 Å². The standard InChI is InChI=1S/C24H22N2O3/c1-17-11-13-18(14-12-17)15-25-22(27)16-26-21-10-6-5-9-20(21)24(29,23(26)28)19-7-3-2-4-8-19/h2-14,29H,15-16H2,1H3,(H,25,27). The molecule has 0 aromatic heterocycles. The Bertz CT molecular complexity index is 1050. The molecule has 0 bridgehead atoms. The lowest BCUT2D eigenvalue weighted by atomic mass is 9.88. The van der Waals surface area contributed by atoms with Crippen LogP contribution in [0.4, 0.5) is 5.69 Å². The van der Waals surface area contributed by atoms with E-state index >= 15 is 0 Å². The number of fused-ring (bicyclic) bond motifs is 1. The number of amides is 2. The molecule has 0 aliphatic carbocycles. The maximum Gasteiger partial charge on any atom is 0.268 e. The van der Waals surface area contributed by atoms with E-state index in [1.54, 1.807) is 48.5 Å². The summed E-state index contributed by atoms with van der Waals surface area (Å²) in [5, 5.41) is 14.2. The normalized spacial score (nSPS) is 17.9. The Kier molecular flexibility index (Phi) is 4.91. The smallest absolute Gasteiger partial charge is 0.268 e. The fourth-order valence-electron chi connectivity index (χ4n) is 3.66. The lowest BCUT2D eigenvalue weighted by Crippen LogP contribution is -2.45. The second kappa shape index (κ2) is 7.53. The van der Waals surface area contributed by atoms with E-state index in [1.807, 2.05) is 37.3 Å². The van der Waals surface area contributed by atoms with E-state index in [1.165, 1.54) is 4.90 Å². The molecule has 1 unspecified atom stereocenters. The van der Waals surface area contributed by atoms with Gasteiger partial charge >= 0.3 is 0 Å². The molecule has 2 N–H and O–H groups in total. The van der Waals surface area contributed by atoms with Crippen molar-refractivity contribution in [2.75, 3.05) is 11.4 Å². The third-order valence-corrected chi connectivity index (χ3v) is 5.24. The summed E-state index contributed by atoms with van der Waals surface area (Å²) in [7, 11) is 0. The summed E-state index contributed by atoms with van der Waals surface area (Å²) < 4.78 is 0. The highest BCUT2D eigenvalue weighted by atomic mass is 16.3. The predicted molar refractivity (Wildman–Crippen MR) is 111 cm³/mol. The summed E-state index contributed by atoms with van der Waals surface area (Å²) >= 11 is 0. The maximum atomic E-state index is 13.2. The van der Waals surface area contributed by atoms with Crippen LogP contribution in [0.3, 0.4) is 0 Å². The zero-order valence-corrected chi connectivity index (χ0v) is 16.1. The van der Waals surface area contributed by atoms with Crippen molar-refractivity contribution in [3.05, 3.63) is 101 Å². The molecule has 3 aromatic rings. The molecule has 1 atom stereocenters. The lowest BCUT2D eigenvalue weighted by Gasteiger charge is -2.23. The van der Waals surface area contributed by atoms with E-state index in [0.717, 1.165) is 11.1 Å². The van der Waals surface area contributed by atoms with Gasteiger partial charge in [-0.1, -0.05) is 78.4 Å². The average molecular weight is 386 g/mol. The first-order chi connectivity index (χ1) is 14.0. The number of nitrogens with zero attached hydrogens (tertiary/aromatic N) is 1. The number of aliphatic hydroxyl groups is 1. The molecule has 0 saturated carbocycles. The molecule has 0 spiro atoms. The molecule has 4 rings (SSSR count). The van der Waals surface area contributed by atoms with E-state index in [2.05, 4.69) is 5.32 Å². The van der Waals surface area contributed by atoms with Gasteiger partial charge in [-0.3, -0.25) is 14.5 Å². The molecule has 2 amide bonds. The van der Waals surface area contributed by atoms with Crippen molar-refractivity contribution in [2.45, 2.75) is 19.1 Å². The van der Waals surface area contributed by atoms with E-state index in [4.69, 9.17) is 0 Å². The molecule has 0 fully saturated rings. The zero-order valence-electron chi connectivity index (χ0n) is 16.1. The number of aryl methyl sites for hydroxylation is 1. The van der Waals surface area contributed by atoms with Crippen LogP contribution in [-0.4, -0.2) is 23.5 Å². The van der Waals surface area contributed by atoms with E-state index in [-0.39, 0.29) is 12.5 Å². The molecule has 5 heteroatoms. The first-order valence-electron chi connectivity index (χ1n) is 9.52. The first-order valence-corrected chi connectivity index (χ1v) is 9.52. The number of rotatable bonds is 5. The average Bonchev–Trinajstić information content (AvgIpc) is 2.97. The minimum Gasteiger partial charge on any atom is -0.372 e. The largest absolute Gasteiger partial charge is 0.372 e. The number of hydrogen-bond acceptors (Lipinski definition) is 3. The minimum atomic E-state index is -1.80. The Morgan fingerprint density at radius 1 is 0.966 bits per heavy atom. The van der Waals surface area contributed by atoms with Crippen molar-refractivity contribution < 1.29 is 14.7 Å². The summed E-state index contributed by atoms with van der Waals surface area (Å²) in [4.78, 5) is 27.1. The first kappa shape index (κ1) is 18.9. The van der Waals surface area contributed by atoms with Crippen molar-refractivity contribution in [3.63, 3.8) is 0 Å². The Hall–Kier alpha value is -3.44. The Morgan fingerprint density at radius 2 is 1.62 bits per heavy atom. The van der Waals surface area contributed by atoms with Crippen molar-refractivity contribution >= 4 is 17.5 Å². The van der Waals surface area contributed by atoms with Gasteiger partial charge in [0.15, 0.2) is 5.60 Å². The lowest BCUT2D eigenvalue weighted by molar-refractivity contribution is -0.133. The summed E-state index contributed by atoms with van der Waals surface area (Å²) in [6.07, 6.45) is 0. The molecular formula is C24H22N2O3. The Morgan fingerprint density at radius 3 is 2.34 bits per heavy atom. The van der Waals surface area contributed by atoms with Crippen molar-refractivity contribution in [2.24, 2.45) is 0 Å². The second-order valence-electron chi connectivity index (χ2n) is 7.25. The summed E-state index contributed by atoms with van der Waals surface area (Å²) in [6.45, 7) is 2.23. The van der Waals surface area contributed by atoms with Crippen LogP contribution in [0.1, 0.15) is 22.3 Å². The predicted octanol–water partition coefficient (Wildman–Crippen LogP) is 2.89. The van der Waals surface area contributed by atoms with Crippen LogP contribution in [0.5, 0.6) is 0 Å². The van der Waals surface area contributed by atoms with Crippen molar-refractivity contribution in [3.8, 4) is 0 Å². The van der Waals surface area contributed by atoms with E-state index in [0.29, 0.717) is 23.4 Å². The fourth-order valence-corrected chi connectivity index (χ4v) is 3.66. The number of carbonyl (C=O) groups is 2. The summed E-state index contributed by atoms with van der Waals surface area (Å²) in [5.74, 6) is -0.804. The molecule has 0 saturated heterocycles. The van der Waals surface area contributed by atoms with Gasteiger partial charge in [-0.25, -0.2) is 0 Å². The number of para-hydroxylation sites is 1. The number of benzene rings is 3. The van der Waals surface area contributed by atoms with Gasteiger partial charge in [0.2, 0.25) is 5.91 Å². The molecule has 29 heavy (non-hydrogen) atoms. The fraction of sp³-hybridized carbons (Fsp3) is 0.167. The topological polar surface area (TPSA) is 69.6 Å². The highest BCUT2D eigenvalue weighted by Crippen LogP contribution is 2.44. The van der Waals surface area contributed by atoms with Gasteiger partial charge in [-0.2, -0.15) is 0 Å². The number of nitrogens with one attached hydrogen (secondary N) is 1. The van der Waals surface area contributed by atoms with Gasteiger partial charge in [-0.05, 0) is 24.1 Å². The van der Waals surface area contributed by atoms with Gasteiger partial charge < -0.3 is 10.4 Å². The molecule has 3 aromatic carbocycles. The zero-order chi connectivity index (χ0) is 20.4. The monoisotopic (exact) mass is 386 g/mol. The second-order valence-corrected chi connectivity index (χ2v) is 7.25. The number of carbonyl (C=O) groups excluding carboxylic acids is 2. The third kappa shape index (κ3) is 3.41. The van der Waals surface area contributed by atoms with Gasteiger partial charge in [0.25, 0.3) is 5.91 Å². The number of anilines is 1. The van der Waals surface area contributed by atoms with Crippen LogP contribution in [-0.2, 0) is 21.7 Å². The third-order valence-electron chi connectivity index (χ3n) is 5.24. The van der Waals surface area contributed by atoms with Crippen LogP contribution >= 0.6 is 0 Å². The highest BCUT2D eigenvalue weighted by molar-refractivity contribution is 6.11. The molecular weight excluding hydrogens is 364 g/mol. The quantitative estimate of drug-likeness (QED) is 0.708. The molecule has 1 aliphatic rings. The Balaban J connectivity index is 1.56. The molecule has 146 valence electrons. The van der Waals surface area contributed by atoms with Gasteiger partial charge in [0, 0.05) is 12.1 Å². The molecule has 0 radical (unpaired) electrons. The van der Waals surface area contributed by atoms with Gasteiger partial charge in [0.1, 0.15) is 6.54 Å². The SMILES string of the molecule is Cc1ccc(CNC(=O)CN2C(=O)C(O)(c3ccccc3)c3ccccc32)cc1. The minimum absolute atomic E-state index is 0.156. The van der Waals surface area contributed by atoms with Crippen LogP contribution < -0.4 is 10.2 Å². The van der Waals surface area contributed by atoms with Crippen LogP contribution in [0, 0.1) is 6.92 Å². The van der Waals surface area contributed by atoms with Crippen molar-refractivity contribution in [1.29, 1.82) is 0 Å². The van der Waals surface area contributed by atoms with Gasteiger partial charge in [0.05, 0.1) is 5.69 Å². The van der Waals surface area contributed by atoms with Crippen LogP contribution in [0.25, 0.3) is 0 Å². The summed E-state index contributed by atoms with van der Waals surface area (Å²) in [6, 6.07) is 23.8. The molecule has 1 heterocycles. The molecule has 1 aliphatic heterocycles. The van der Waals surface area contributed by atoms with Crippen molar-refractivity contribution in [1.82, 2.24) is 5.32 Å². The van der Waals surface area contributed by atoms with Gasteiger partial charge in [-0.15, -0.1) is 0 Å². The van der Waals surface area contributed by atoms with E-state index in [9.17, 15) is 14.7 Å². The van der Waals surface area contributed by atoms with E-state index < -0.39 is 11.5 Å². The van der Waals surface area contributed by atoms with Crippen LogP contribution in [0.15, 0.2) is 78.9 Å². The maximum absolute atomic E-state index is 13.2. The highest BCUT2D eigenvalue weighted by Gasteiger charge is 2.51. The summed E-state index contributed by atoms with van der Waals surface area (Å²) in [5.41, 5.74) is 1.86. The molecule has 5 nitrogen and oxygen atoms in total. The number of hydrogen-bond donors (Lipinski definition) is 2.